The molecule has 0 saturated carbocycles. The molecule has 0 saturated heterocycles. The molecule has 0 atom stereocenters. The summed E-state index contributed by atoms with van der Waals surface area (Å²) in [6, 6.07) is 0.562. The summed E-state index contributed by atoms with van der Waals surface area (Å²) in [7, 11) is 0. The lowest BCUT2D eigenvalue weighted by Gasteiger charge is -2.37. The van der Waals surface area contributed by atoms with E-state index in [2.05, 4.69) is 46.2 Å². The van der Waals surface area contributed by atoms with Crippen molar-refractivity contribution in [2.45, 2.75) is 26.8 Å². The molecule has 0 aliphatic heterocycles. The summed E-state index contributed by atoms with van der Waals surface area (Å²) in [6.45, 7) is 16.1. The van der Waals surface area contributed by atoms with Crippen LogP contribution < -0.4 is 0 Å². The Labute approximate surface area is 82.7 Å². The zero-order valence-corrected chi connectivity index (χ0v) is 9.16. The molecular formula is C12H22N+. The van der Waals surface area contributed by atoms with Gasteiger partial charge in [0.15, 0.2) is 0 Å². The monoisotopic (exact) mass is 180 g/mol. The Morgan fingerprint density at radius 3 is 1.85 bits per heavy atom. The molecule has 0 fully saturated rings. The van der Waals surface area contributed by atoms with E-state index in [1.807, 2.05) is 12.2 Å². The van der Waals surface area contributed by atoms with Crippen LogP contribution in [0.15, 0.2) is 37.6 Å². The van der Waals surface area contributed by atoms with Crippen molar-refractivity contribution in [1.29, 1.82) is 0 Å². The summed E-state index contributed by atoms with van der Waals surface area (Å²) in [6.07, 6.45) is 8.29. The lowest BCUT2D eigenvalue weighted by atomic mass is 10.2. The molecular weight excluding hydrogens is 158 g/mol. The fraction of sp³-hybridized carbons (Fsp3) is 0.500. The SMILES string of the molecule is C=CC[N+](C=CC)(CC=C)C(C)C. The van der Waals surface area contributed by atoms with E-state index in [-0.39, 0.29) is 0 Å². The second kappa shape index (κ2) is 5.76. The number of rotatable bonds is 6. The van der Waals surface area contributed by atoms with Crippen LogP contribution in [0, 0.1) is 0 Å². The molecule has 0 amide bonds. The molecule has 0 N–H and O–H groups in total. The summed E-state index contributed by atoms with van der Waals surface area (Å²) in [5, 5.41) is 0. The number of quaternary nitrogens is 1. The Hall–Kier alpha value is -0.820. The van der Waals surface area contributed by atoms with Gasteiger partial charge < -0.3 is 0 Å². The van der Waals surface area contributed by atoms with Gasteiger partial charge in [-0.25, -0.2) is 0 Å². The molecule has 0 unspecified atom stereocenters. The first kappa shape index (κ1) is 12.2. The van der Waals surface area contributed by atoms with Gasteiger partial charge in [-0.15, -0.1) is 0 Å². The maximum absolute atomic E-state index is 3.81. The summed E-state index contributed by atoms with van der Waals surface area (Å²) in [5.74, 6) is 0. The average Bonchev–Trinajstić information content (AvgIpc) is 2.05. The van der Waals surface area contributed by atoms with Gasteiger partial charge >= 0.3 is 0 Å². The van der Waals surface area contributed by atoms with E-state index in [0.29, 0.717) is 6.04 Å². The first-order valence-electron chi connectivity index (χ1n) is 4.85. The summed E-state index contributed by atoms with van der Waals surface area (Å²) < 4.78 is 0.920. The van der Waals surface area contributed by atoms with Crippen LogP contribution in [-0.4, -0.2) is 23.6 Å². The smallest absolute Gasteiger partial charge is 0.102 e. The third kappa shape index (κ3) is 3.19. The summed E-state index contributed by atoms with van der Waals surface area (Å²) >= 11 is 0. The molecule has 0 aliphatic carbocycles. The van der Waals surface area contributed by atoms with Crippen LogP contribution in [0.4, 0.5) is 0 Å². The van der Waals surface area contributed by atoms with Crippen molar-refractivity contribution in [3.05, 3.63) is 37.6 Å². The number of allylic oxidation sites excluding steroid dienone is 1. The lowest BCUT2D eigenvalue weighted by molar-refractivity contribution is -0.889. The minimum absolute atomic E-state index is 0.562. The van der Waals surface area contributed by atoms with E-state index in [1.54, 1.807) is 0 Å². The fourth-order valence-corrected chi connectivity index (χ4v) is 1.57. The third-order valence-electron chi connectivity index (χ3n) is 2.41. The highest BCUT2D eigenvalue weighted by molar-refractivity contribution is 4.80. The van der Waals surface area contributed by atoms with E-state index in [1.165, 1.54) is 0 Å². The topological polar surface area (TPSA) is 0 Å². The minimum atomic E-state index is 0.562. The van der Waals surface area contributed by atoms with Gasteiger partial charge in [0.05, 0.1) is 12.2 Å². The van der Waals surface area contributed by atoms with Crippen LogP contribution >= 0.6 is 0 Å². The molecule has 13 heavy (non-hydrogen) atoms. The van der Waals surface area contributed by atoms with Crippen molar-refractivity contribution >= 4 is 0 Å². The van der Waals surface area contributed by atoms with E-state index in [9.17, 15) is 0 Å². The maximum Gasteiger partial charge on any atom is 0.102 e. The Morgan fingerprint density at radius 2 is 1.62 bits per heavy atom. The van der Waals surface area contributed by atoms with Gasteiger partial charge in [0, 0.05) is 0 Å². The minimum Gasteiger partial charge on any atom is -0.289 e. The fourth-order valence-electron chi connectivity index (χ4n) is 1.57. The van der Waals surface area contributed by atoms with Crippen LogP contribution in [-0.2, 0) is 0 Å². The van der Waals surface area contributed by atoms with Gasteiger partial charge in [-0.3, -0.25) is 4.48 Å². The highest BCUT2D eigenvalue weighted by atomic mass is 15.4. The van der Waals surface area contributed by atoms with Gasteiger partial charge in [0.1, 0.15) is 13.1 Å². The summed E-state index contributed by atoms with van der Waals surface area (Å²) in [4.78, 5) is 0. The van der Waals surface area contributed by atoms with Gasteiger partial charge in [-0.05, 0) is 39.0 Å². The number of hydrogen-bond donors (Lipinski definition) is 0. The van der Waals surface area contributed by atoms with Crippen LogP contribution in [0.1, 0.15) is 20.8 Å². The predicted octanol–water partition coefficient (Wildman–Crippen LogP) is 3.12. The Bertz CT molecular complexity index is 179. The Morgan fingerprint density at radius 1 is 1.15 bits per heavy atom. The van der Waals surface area contributed by atoms with Gasteiger partial charge in [0.2, 0.25) is 0 Å². The quantitative estimate of drug-likeness (QED) is 0.435. The van der Waals surface area contributed by atoms with Crippen LogP contribution in [0.2, 0.25) is 0 Å². The second-order valence-corrected chi connectivity index (χ2v) is 3.62. The molecule has 0 radical (unpaired) electrons. The standard InChI is InChI=1S/C12H22N/c1-6-9-13(10-7-2,11-8-3)12(4)5/h6-8,11-12H,1-2,9-10H2,3-5H3/q+1. The number of nitrogens with zero attached hydrogens (tertiary/aromatic N) is 1. The normalized spacial score (nSPS) is 12.3. The van der Waals surface area contributed by atoms with Crippen LogP contribution in [0.5, 0.6) is 0 Å². The van der Waals surface area contributed by atoms with Gasteiger partial charge in [-0.2, -0.15) is 0 Å². The lowest BCUT2D eigenvalue weighted by Crippen LogP contribution is -2.48. The molecule has 0 aromatic rings. The molecule has 0 aromatic carbocycles. The zero-order chi connectivity index (χ0) is 10.3. The van der Waals surface area contributed by atoms with Crippen LogP contribution in [0.25, 0.3) is 0 Å². The molecule has 1 heteroatoms. The van der Waals surface area contributed by atoms with Crippen molar-refractivity contribution < 1.29 is 4.48 Å². The Balaban J connectivity index is 4.77. The first-order chi connectivity index (χ1) is 6.13. The van der Waals surface area contributed by atoms with E-state index < -0.39 is 0 Å². The first-order valence-corrected chi connectivity index (χ1v) is 4.85. The highest BCUT2D eigenvalue weighted by Crippen LogP contribution is 2.15. The Kier molecular flexibility index (Phi) is 5.40. The molecule has 0 aliphatic rings. The summed E-state index contributed by atoms with van der Waals surface area (Å²) in [5.41, 5.74) is 0. The predicted molar refractivity (Wildman–Crippen MR) is 60.3 cm³/mol. The second-order valence-electron chi connectivity index (χ2n) is 3.62. The molecule has 0 bridgehead atoms. The van der Waals surface area contributed by atoms with Crippen molar-refractivity contribution in [2.75, 3.05) is 13.1 Å². The molecule has 0 rings (SSSR count). The highest BCUT2D eigenvalue weighted by Gasteiger charge is 2.25. The number of hydrogen-bond acceptors (Lipinski definition) is 0. The van der Waals surface area contributed by atoms with E-state index in [4.69, 9.17) is 0 Å². The average molecular weight is 180 g/mol. The molecule has 1 nitrogen and oxygen atoms in total. The third-order valence-corrected chi connectivity index (χ3v) is 2.41. The van der Waals surface area contributed by atoms with E-state index >= 15 is 0 Å². The van der Waals surface area contributed by atoms with Crippen molar-refractivity contribution in [3.63, 3.8) is 0 Å². The van der Waals surface area contributed by atoms with Gasteiger partial charge in [0.25, 0.3) is 0 Å². The van der Waals surface area contributed by atoms with Crippen molar-refractivity contribution in [3.8, 4) is 0 Å². The van der Waals surface area contributed by atoms with Crippen molar-refractivity contribution in [2.24, 2.45) is 0 Å². The zero-order valence-electron chi connectivity index (χ0n) is 9.16. The molecule has 0 heterocycles. The largest absolute Gasteiger partial charge is 0.289 e. The van der Waals surface area contributed by atoms with E-state index in [0.717, 1.165) is 17.6 Å². The van der Waals surface area contributed by atoms with Crippen LogP contribution in [0.3, 0.4) is 0 Å². The molecule has 74 valence electrons. The van der Waals surface area contributed by atoms with Crippen molar-refractivity contribution in [1.82, 2.24) is 0 Å². The molecule has 0 aromatic heterocycles. The van der Waals surface area contributed by atoms with Gasteiger partial charge in [-0.1, -0.05) is 13.2 Å². The molecule has 0 spiro atoms. The maximum atomic E-state index is 3.81.